The first-order chi connectivity index (χ1) is 7.06. The van der Waals surface area contributed by atoms with Crippen molar-refractivity contribution in [2.45, 2.75) is 64.0 Å². The number of halogens is 3. The molecule has 0 atom stereocenters. The maximum atomic E-state index is 6.02. The van der Waals surface area contributed by atoms with Gasteiger partial charge in [0.25, 0.3) is 0 Å². The van der Waals surface area contributed by atoms with E-state index in [1.165, 1.54) is 51.4 Å². The predicted octanol–water partition coefficient (Wildman–Crippen LogP) is 5.90. The third-order valence-electron chi connectivity index (χ3n) is 2.50. The smallest absolute Gasteiger partial charge is 0.146 e. The predicted molar refractivity (Wildman–Crippen MR) is 75.8 cm³/mol. The van der Waals surface area contributed by atoms with E-state index in [2.05, 4.69) is 0 Å². The molecule has 0 nitrogen and oxygen atoms in total. The Balaban J connectivity index is 2.99. The molecular formula is C11H23Cl3Si. The fourth-order valence-electron chi connectivity index (χ4n) is 1.59. The summed E-state index contributed by atoms with van der Waals surface area (Å²) in [4.78, 5) is 0. The summed E-state index contributed by atoms with van der Waals surface area (Å²) >= 11 is 17.6. The van der Waals surface area contributed by atoms with E-state index in [1.807, 2.05) is 6.55 Å². The summed E-state index contributed by atoms with van der Waals surface area (Å²) in [6.45, 7) is 0.189. The molecule has 0 fully saturated rings. The second kappa shape index (κ2) is 10.3. The summed E-state index contributed by atoms with van der Waals surface area (Å²) in [7, 11) is 0. The first-order valence-electron chi connectivity index (χ1n) is 6.00. The van der Waals surface area contributed by atoms with Crippen LogP contribution < -0.4 is 0 Å². The minimum Gasteiger partial charge on any atom is -0.146 e. The van der Waals surface area contributed by atoms with Crippen LogP contribution in [-0.4, -0.2) is 12.6 Å². The van der Waals surface area contributed by atoms with Gasteiger partial charge in [-0.25, -0.2) is 0 Å². The van der Waals surface area contributed by atoms with Crippen LogP contribution in [0.2, 0.25) is 12.6 Å². The molecular weight excluding hydrogens is 267 g/mol. The van der Waals surface area contributed by atoms with Crippen molar-refractivity contribution in [1.29, 1.82) is 0 Å². The molecule has 0 bridgehead atoms. The van der Waals surface area contributed by atoms with Gasteiger partial charge < -0.3 is 0 Å². The molecule has 0 unspecified atom stereocenters. The first kappa shape index (κ1) is 16.1. The highest BCUT2D eigenvalue weighted by molar-refractivity contribution is 7.44. The second-order valence-corrected chi connectivity index (χ2v) is 12.9. The summed E-state index contributed by atoms with van der Waals surface area (Å²) in [5, 5.41) is 0. The number of hydrogen-bond donors (Lipinski definition) is 0. The minimum absolute atomic E-state index is 0.814. The Morgan fingerprint density at radius 3 is 1.53 bits per heavy atom. The molecule has 0 aliphatic rings. The van der Waals surface area contributed by atoms with Crippen molar-refractivity contribution in [2.75, 3.05) is 5.88 Å². The third-order valence-corrected chi connectivity index (χ3v) is 5.13. The van der Waals surface area contributed by atoms with Gasteiger partial charge in [0.1, 0.15) is 0 Å². The van der Waals surface area contributed by atoms with Gasteiger partial charge in [-0.3, -0.25) is 0 Å². The Hall–Kier alpha value is 1.09. The van der Waals surface area contributed by atoms with Crippen molar-refractivity contribution in [3.8, 4) is 0 Å². The molecule has 0 aromatic carbocycles. The number of rotatable bonds is 10. The van der Waals surface area contributed by atoms with Crippen LogP contribution in [0.25, 0.3) is 0 Å². The van der Waals surface area contributed by atoms with Crippen molar-refractivity contribution in [3.05, 3.63) is 0 Å². The van der Waals surface area contributed by atoms with Gasteiger partial charge in [0.15, 0.2) is 0 Å². The molecule has 0 saturated heterocycles. The zero-order chi connectivity index (χ0) is 11.6. The molecule has 0 aliphatic carbocycles. The van der Waals surface area contributed by atoms with Gasteiger partial charge in [0.2, 0.25) is 6.69 Å². The van der Waals surface area contributed by atoms with Gasteiger partial charge >= 0.3 is 0 Å². The summed E-state index contributed by atoms with van der Waals surface area (Å²) in [6.07, 6.45) is 10.3. The monoisotopic (exact) mass is 288 g/mol. The summed E-state index contributed by atoms with van der Waals surface area (Å²) in [6, 6.07) is 1.04. The fraction of sp³-hybridized carbons (Fsp3) is 1.00. The van der Waals surface area contributed by atoms with Crippen LogP contribution >= 0.6 is 33.8 Å². The van der Waals surface area contributed by atoms with Crippen LogP contribution in [-0.2, 0) is 0 Å². The number of alkyl halides is 1. The van der Waals surface area contributed by atoms with Gasteiger partial charge in [-0.05, 0) is 19.0 Å². The fourth-order valence-corrected chi connectivity index (χ4v) is 3.45. The van der Waals surface area contributed by atoms with E-state index in [9.17, 15) is 0 Å². The van der Waals surface area contributed by atoms with Crippen molar-refractivity contribution >= 4 is 40.5 Å². The average Bonchev–Trinajstić information content (AvgIpc) is 2.14. The molecule has 0 N–H and O–H groups in total. The average molecular weight is 290 g/mol. The maximum Gasteiger partial charge on any atom is 0.248 e. The Morgan fingerprint density at radius 1 is 0.733 bits per heavy atom. The highest BCUT2D eigenvalue weighted by Crippen LogP contribution is 2.23. The van der Waals surface area contributed by atoms with Gasteiger partial charge in [-0.2, -0.15) is 0 Å². The SMILES string of the molecule is C[Si](Cl)(Cl)CCCCCCCCCCCl. The van der Waals surface area contributed by atoms with Crippen LogP contribution in [0.4, 0.5) is 0 Å². The zero-order valence-electron chi connectivity index (χ0n) is 9.70. The lowest BCUT2D eigenvalue weighted by Crippen LogP contribution is -2.11. The van der Waals surface area contributed by atoms with E-state index < -0.39 is 6.69 Å². The van der Waals surface area contributed by atoms with E-state index in [0.717, 1.165) is 11.9 Å². The lowest BCUT2D eigenvalue weighted by Gasteiger charge is -2.08. The molecule has 0 radical (unpaired) electrons. The summed E-state index contributed by atoms with van der Waals surface area (Å²) in [5.74, 6) is 0.814. The lowest BCUT2D eigenvalue weighted by atomic mass is 10.1. The normalized spacial score (nSPS) is 12.0. The standard InChI is InChI=1S/C11H23Cl3Si/c1-15(13,14)11-9-7-5-3-2-4-6-8-10-12/h2-11H2,1H3. The first-order valence-corrected chi connectivity index (χ1v) is 11.3. The van der Waals surface area contributed by atoms with E-state index in [1.54, 1.807) is 0 Å². The van der Waals surface area contributed by atoms with Gasteiger partial charge in [-0.1, -0.05) is 44.9 Å². The minimum atomic E-state index is -1.81. The van der Waals surface area contributed by atoms with E-state index >= 15 is 0 Å². The molecule has 0 spiro atoms. The van der Waals surface area contributed by atoms with Gasteiger partial charge in [-0.15, -0.1) is 33.8 Å². The molecule has 92 valence electrons. The molecule has 0 saturated carbocycles. The van der Waals surface area contributed by atoms with E-state index in [4.69, 9.17) is 33.8 Å². The second-order valence-electron chi connectivity index (χ2n) is 4.34. The molecule has 0 aliphatic heterocycles. The Morgan fingerprint density at radius 2 is 1.13 bits per heavy atom. The molecule has 4 heteroatoms. The largest absolute Gasteiger partial charge is 0.248 e. The van der Waals surface area contributed by atoms with Crippen LogP contribution in [0.1, 0.15) is 51.4 Å². The van der Waals surface area contributed by atoms with Gasteiger partial charge in [0, 0.05) is 5.88 Å². The van der Waals surface area contributed by atoms with E-state index in [0.29, 0.717) is 0 Å². The molecule has 0 aromatic rings. The highest BCUT2D eigenvalue weighted by Gasteiger charge is 2.19. The maximum absolute atomic E-state index is 6.02. The number of hydrogen-bond acceptors (Lipinski definition) is 0. The highest BCUT2D eigenvalue weighted by atomic mass is 35.7. The number of unbranched alkanes of at least 4 members (excludes halogenated alkanes) is 7. The zero-order valence-corrected chi connectivity index (χ0v) is 13.0. The Kier molecular flexibility index (Phi) is 11.0. The third kappa shape index (κ3) is 15.1. The van der Waals surface area contributed by atoms with Crippen LogP contribution in [0.15, 0.2) is 0 Å². The summed E-state index contributed by atoms with van der Waals surface area (Å²) in [5.41, 5.74) is 0. The Bertz CT molecular complexity index is 134. The van der Waals surface area contributed by atoms with Crippen molar-refractivity contribution < 1.29 is 0 Å². The molecule has 0 aromatic heterocycles. The molecule has 0 heterocycles. The molecule has 15 heavy (non-hydrogen) atoms. The van der Waals surface area contributed by atoms with Crippen molar-refractivity contribution in [1.82, 2.24) is 0 Å². The van der Waals surface area contributed by atoms with Crippen LogP contribution in [0, 0.1) is 0 Å². The van der Waals surface area contributed by atoms with Crippen LogP contribution in [0.3, 0.4) is 0 Å². The summed E-state index contributed by atoms with van der Waals surface area (Å²) < 4.78 is 0. The van der Waals surface area contributed by atoms with Crippen molar-refractivity contribution in [2.24, 2.45) is 0 Å². The van der Waals surface area contributed by atoms with Crippen molar-refractivity contribution in [3.63, 3.8) is 0 Å². The topological polar surface area (TPSA) is 0 Å². The lowest BCUT2D eigenvalue weighted by molar-refractivity contribution is 0.585. The quantitative estimate of drug-likeness (QED) is 0.203. The van der Waals surface area contributed by atoms with E-state index in [-0.39, 0.29) is 0 Å². The molecule has 0 rings (SSSR count). The molecule has 0 amide bonds. The Labute approximate surface area is 110 Å². The van der Waals surface area contributed by atoms with Gasteiger partial charge in [0.05, 0.1) is 0 Å². The van der Waals surface area contributed by atoms with Crippen LogP contribution in [0.5, 0.6) is 0 Å².